The van der Waals surface area contributed by atoms with Crippen molar-refractivity contribution in [3.05, 3.63) is 29.9 Å². The molecule has 0 radical (unpaired) electrons. The van der Waals surface area contributed by atoms with Gasteiger partial charge in [-0.1, -0.05) is 5.16 Å². The van der Waals surface area contributed by atoms with Crippen molar-refractivity contribution in [1.82, 2.24) is 20.4 Å². The SMILES string of the molecule is Cc1ccncc1-c1noc(CCC2CCNCC2)n1. The molecule has 3 heterocycles. The van der Waals surface area contributed by atoms with Gasteiger partial charge in [0.25, 0.3) is 0 Å². The maximum atomic E-state index is 5.36. The molecular weight excluding hydrogens is 252 g/mol. The molecule has 0 bridgehead atoms. The van der Waals surface area contributed by atoms with Crippen molar-refractivity contribution in [2.24, 2.45) is 5.92 Å². The van der Waals surface area contributed by atoms with Gasteiger partial charge in [-0.25, -0.2) is 0 Å². The summed E-state index contributed by atoms with van der Waals surface area (Å²) in [7, 11) is 0. The Morgan fingerprint density at radius 1 is 1.35 bits per heavy atom. The van der Waals surface area contributed by atoms with Crippen LogP contribution in [0, 0.1) is 12.8 Å². The van der Waals surface area contributed by atoms with Crippen LogP contribution < -0.4 is 5.32 Å². The maximum Gasteiger partial charge on any atom is 0.226 e. The van der Waals surface area contributed by atoms with Crippen molar-refractivity contribution in [3.63, 3.8) is 0 Å². The molecule has 3 rings (SSSR count). The van der Waals surface area contributed by atoms with Gasteiger partial charge >= 0.3 is 0 Å². The number of pyridine rings is 1. The van der Waals surface area contributed by atoms with E-state index >= 15 is 0 Å². The Balaban J connectivity index is 1.63. The Kier molecular flexibility index (Phi) is 4.06. The van der Waals surface area contributed by atoms with Gasteiger partial charge in [-0.05, 0) is 56.8 Å². The van der Waals surface area contributed by atoms with Gasteiger partial charge in [0.05, 0.1) is 0 Å². The molecule has 1 aliphatic heterocycles. The van der Waals surface area contributed by atoms with E-state index in [1.54, 1.807) is 12.4 Å². The number of piperidine rings is 1. The van der Waals surface area contributed by atoms with Crippen molar-refractivity contribution < 1.29 is 4.52 Å². The lowest BCUT2D eigenvalue weighted by atomic mass is 9.93. The highest BCUT2D eigenvalue weighted by molar-refractivity contribution is 5.57. The van der Waals surface area contributed by atoms with Crippen LogP contribution in [0.15, 0.2) is 23.0 Å². The van der Waals surface area contributed by atoms with Crippen LogP contribution >= 0.6 is 0 Å². The summed E-state index contributed by atoms with van der Waals surface area (Å²) in [5, 5.41) is 7.46. The Labute approximate surface area is 118 Å². The molecule has 2 aromatic rings. The molecule has 0 atom stereocenters. The van der Waals surface area contributed by atoms with Gasteiger partial charge in [0.15, 0.2) is 0 Å². The first kappa shape index (κ1) is 13.2. The minimum atomic E-state index is 0.649. The van der Waals surface area contributed by atoms with Crippen molar-refractivity contribution in [1.29, 1.82) is 0 Å². The molecular formula is C15H20N4O. The highest BCUT2D eigenvalue weighted by Crippen LogP contribution is 2.21. The lowest BCUT2D eigenvalue weighted by molar-refractivity contribution is 0.324. The van der Waals surface area contributed by atoms with Crippen LogP contribution in [0.4, 0.5) is 0 Å². The summed E-state index contributed by atoms with van der Waals surface area (Å²) in [6.07, 6.45) is 8.07. The quantitative estimate of drug-likeness (QED) is 0.925. The molecule has 0 saturated carbocycles. The van der Waals surface area contributed by atoms with E-state index in [9.17, 15) is 0 Å². The second-order valence-corrected chi connectivity index (χ2v) is 5.43. The van der Waals surface area contributed by atoms with E-state index in [-0.39, 0.29) is 0 Å². The minimum Gasteiger partial charge on any atom is -0.339 e. The van der Waals surface area contributed by atoms with Crippen LogP contribution in [0.3, 0.4) is 0 Å². The molecule has 0 aromatic carbocycles. The number of hydrogen-bond acceptors (Lipinski definition) is 5. The van der Waals surface area contributed by atoms with Gasteiger partial charge in [-0.15, -0.1) is 0 Å². The number of nitrogens with one attached hydrogen (secondary N) is 1. The van der Waals surface area contributed by atoms with E-state index in [4.69, 9.17) is 4.52 Å². The molecule has 0 aliphatic carbocycles. The smallest absolute Gasteiger partial charge is 0.226 e. The largest absolute Gasteiger partial charge is 0.339 e. The standard InChI is InChI=1S/C15H20N4O/c1-11-4-7-17-10-13(11)15-18-14(20-19-15)3-2-12-5-8-16-9-6-12/h4,7,10,12,16H,2-3,5-6,8-9H2,1H3. The van der Waals surface area contributed by atoms with Crippen LogP contribution in [0.1, 0.15) is 30.7 Å². The second kappa shape index (κ2) is 6.13. The molecule has 0 amide bonds. The minimum absolute atomic E-state index is 0.649. The monoisotopic (exact) mass is 272 g/mol. The molecule has 106 valence electrons. The van der Waals surface area contributed by atoms with Crippen molar-refractivity contribution >= 4 is 0 Å². The zero-order valence-electron chi connectivity index (χ0n) is 11.8. The van der Waals surface area contributed by atoms with E-state index in [1.807, 2.05) is 13.0 Å². The summed E-state index contributed by atoms with van der Waals surface area (Å²) >= 11 is 0. The van der Waals surface area contributed by atoms with Crippen LogP contribution in [-0.4, -0.2) is 28.2 Å². The molecule has 0 spiro atoms. The third kappa shape index (κ3) is 3.04. The number of nitrogens with zero attached hydrogens (tertiary/aromatic N) is 3. The molecule has 1 aliphatic rings. The summed E-state index contributed by atoms with van der Waals surface area (Å²) in [6.45, 7) is 4.30. The Bertz CT molecular complexity index is 561. The average Bonchev–Trinajstić information content (AvgIpc) is 2.95. The van der Waals surface area contributed by atoms with Crippen molar-refractivity contribution in [3.8, 4) is 11.4 Å². The molecule has 20 heavy (non-hydrogen) atoms. The molecule has 5 heteroatoms. The van der Waals surface area contributed by atoms with Gasteiger partial charge in [0.2, 0.25) is 11.7 Å². The van der Waals surface area contributed by atoms with E-state index in [0.717, 1.165) is 48.9 Å². The number of hydrogen-bond donors (Lipinski definition) is 1. The average molecular weight is 272 g/mol. The van der Waals surface area contributed by atoms with E-state index in [1.165, 1.54) is 12.8 Å². The Morgan fingerprint density at radius 3 is 3.00 bits per heavy atom. The first-order valence-electron chi connectivity index (χ1n) is 7.27. The fourth-order valence-electron chi connectivity index (χ4n) is 2.66. The summed E-state index contributed by atoms with van der Waals surface area (Å²) < 4.78 is 5.36. The van der Waals surface area contributed by atoms with Crippen LogP contribution in [0.5, 0.6) is 0 Å². The summed E-state index contributed by atoms with van der Waals surface area (Å²) in [5.74, 6) is 2.17. The van der Waals surface area contributed by atoms with E-state index < -0.39 is 0 Å². The molecule has 1 fully saturated rings. The van der Waals surface area contributed by atoms with Gasteiger partial charge in [0.1, 0.15) is 0 Å². The molecule has 2 aromatic heterocycles. The van der Waals surface area contributed by atoms with Crippen LogP contribution in [0.2, 0.25) is 0 Å². The Morgan fingerprint density at radius 2 is 2.20 bits per heavy atom. The van der Waals surface area contributed by atoms with Gasteiger partial charge in [-0.2, -0.15) is 4.98 Å². The predicted molar refractivity (Wildman–Crippen MR) is 76.2 cm³/mol. The van der Waals surface area contributed by atoms with Crippen LogP contribution in [-0.2, 0) is 6.42 Å². The van der Waals surface area contributed by atoms with Gasteiger partial charge in [-0.3, -0.25) is 4.98 Å². The molecule has 5 nitrogen and oxygen atoms in total. The lowest BCUT2D eigenvalue weighted by Crippen LogP contribution is -2.27. The molecule has 1 saturated heterocycles. The second-order valence-electron chi connectivity index (χ2n) is 5.43. The van der Waals surface area contributed by atoms with Crippen molar-refractivity contribution in [2.45, 2.75) is 32.6 Å². The third-order valence-electron chi connectivity index (χ3n) is 3.97. The summed E-state index contributed by atoms with van der Waals surface area (Å²) in [6, 6.07) is 1.96. The summed E-state index contributed by atoms with van der Waals surface area (Å²) in [5.41, 5.74) is 2.06. The highest BCUT2D eigenvalue weighted by Gasteiger charge is 2.16. The summed E-state index contributed by atoms with van der Waals surface area (Å²) in [4.78, 5) is 8.61. The highest BCUT2D eigenvalue weighted by atomic mass is 16.5. The number of rotatable bonds is 4. The topological polar surface area (TPSA) is 63.8 Å². The van der Waals surface area contributed by atoms with Crippen molar-refractivity contribution in [2.75, 3.05) is 13.1 Å². The normalized spacial score (nSPS) is 16.4. The lowest BCUT2D eigenvalue weighted by Gasteiger charge is -2.21. The zero-order valence-corrected chi connectivity index (χ0v) is 11.8. The van der Waals surface area contributed by atoms with E-state index in [0.29, 0.717) is 5.82 Å². The third-order valence-corrected chi connectivity index (χ3v) is 3.97. The molecule has 1 N–H and O–H groups in total. The zero-order chi connectivity index (χ0) is 13.8. The van der Waals surface area contributed by atoms with Gasteiger partial charge in [0, 0.05) is 24.4 Å². The predicted octanol–water partition coefficient (Wildman–Crippen LogP) is 2.37. The van der Waals surface area contributed by atoms with Crippen LogP contribution in [0.25, 0.3) is 11.4 Å². The molecule has 0 unspecified atom stereocenters. The fraction of sp³-hybridized carbons (Fsp3) is 0.533. The van der Waals surface area contributed by atoms with E-state index in [2.05, 4.69) is 20.4 Å². The fourth-order valence-corrected chi connectivity index (χ4v) is 2.66. The Hall–Kier alpha value is -1.75. The maximum absolute atomic E-state index is 5.36. The first-order chi connectivity index (χ1) is 9.83. The number of aromatic nitrogens is 3. The number of aryl methyl sites for hydroxylation is 2. The van der Waals surface area contributed by atoms with Gasteiger partial charge < -0.3 is 9.84 Å². The first-order valence-corrected chi connectivity index (χ1v) is 7.27.